The summed E-state index contributed by atoms with van der Waals surface area (Å²) in [4.78, 5) is 18.5. The van der Waals surface area contributed by atoms with Crippen molar-refractivity contribution in [2.75, 3.05) is 6.61 Å². The molecule has 0 unspecified atom stereocenters. The molecule has 0 aliphatic heterocycles. The van der Waals surface area contributed by atoms with Gasteiger partial charge in [0.2, 0.25) is 0 Å². The van der Waals surface area contributed by atoms with Gasteiger partial charge in [0.1, 0.15) is 5.75 Å². The molecule has 0 saturated heterocycles. The molecule has 7 heteroatoms. The number of hydrogen-bond acceptors (Lipinski definition) is 4. The van der Waals surface area contributed by atoms with Crippen molar-refractivity contribution in [3.63, 3.8) is 0 Å². The molecule has 0 aromatic heterocycles. The summed E-state index contributed by atoms with van der Waals surface area (Å²) in [6.45, 7) is 5.24. The van der Waals surface area contributed by atoms with E-state index in [4.69, 9.17) is 5.11 Å². The number of rotatable bonds is 3. The zero-order valence-corrected chi connectivity index (χ0v) is 14.2. The average molecular weight is 447 g/mol. The molecule has 1 aromatic carbocycles. The minimum Gasteiger partial charge on any atom is -0.507 e. The molecule has 100 valence electrons. The number of carbonyl (C=O) groups is 1. The lowest BCUT2D eigenvalue weighted by Crippen LogP contribution is -2.00. The number of halogens is 3. The molecule has 18 heavy (non-hydrogen) atoms. The van der Waals surface area contributed by atoms with E-state index < -0.39 is 5.97 Å². The summed E-state index contributed by atoms with van der Waals surface area (Å²) in [6.07, 6.45) is 1.04. The van der Waals surface area contributed by atoms with Crippen LogP contribution >= 0.6 is 47.8 Å². The number of benzene rings is 1. The van der Waals surface area contributed by atoms with Gasteiger partial charge in [-0.1, -0.05) is 6.58 Å². The Balaban J connectivity index is 0.000000331. The van der Waals surface area contributed by atoms with Crippen LogP contribution in [0.25, 0.3) is 0 Å². The first-order chi connectivity index (χ1) is 8.43. The van der Waals surface area contributed by atoms with E-state index in [1.807, 2.05) is 0 Å². The predicted molar refractivity (Wildman–Crippen MR) is 79.1 cm³/mol. The predicted octanol–water partition coefficient (Wildman–Crippen LogP) is 4.35. The summed E-state index contributed by atoms with van der Waals surface area (Å²) in [5, 5.41) is 9.13. The number of aromatic hydroxyl groups is 1. The van der Waals surface area contributed by atoms with Crippen molar-refractivity contribution in [1.82, 2.24) is 0 Å². The van der Waals surface area contributed by atoms with E-state index in [0.717, 1.165) is 15.0 Å². The highest BCUT2D eigenvalue weighted by atomic mass is 79.9. The molecule has 4 nitrogen and oxygen atoms in total. The van der Waals surface area contributed by atoms with Crippen LogP contribution < -0.4 is 0 Å². The van der Waals surface area contributed by atoms with Gasteiger partial charge >= 0.3 is 5.97 Å². The van der Waals surface area contributed by atoms with Crippen molar-refractivity contribution in [1.29, 1.82) is 0 Å². The molecule has 0 amide bonds. The van der Waals surface area contributed by atoms with Crippen molar-refractivity contribution in [2.45, 2.75) is 6.92 Å². The zero-order valence-electron chi connectivity index (χ0n) is 9.45. The van der Waals surface area contributed by atoms with Crippen LogP contribution in [0.15, 0.2) is 38.2 Å². The maximum absolute atomic E-state index is 10.1. The van der Waals surface area contributed by atoms with Crippen LogP contribution in [0.1, 0.15) is 6.92 Å². The Bertz CT molecular complexity index is 394. The highest BCUT2D eigenvalue weighted by molar-refractivity contribution is 9.14. The first kappa shape index (κ1) is 17.6. The Labute approximate surface area is 130 Å². The molecule has 0 bridgehead atoms. The summed E-state index contributed by atoms with van der Waals surface area (Å²) in [6, 6.07) is 3.38. The normalized spacial score (nSPS) is 9.11. The molecule has 0 fully saturated rings. The summed E-state index contributed by atoms with van der Waals surface area (Å²) in [5.74, 6) is -0.332. The fraction of sp³-hybridized carbons (Fsp3) is 0.182. The van der Waals surface area contributed by atoms with Crippen LogP contribution in [0.3, 0.4) is 0 Å². The molecule has 0 radical (unpaired) electrons. The van der Waals surface area contributed by atoms with Crippen LogP contribution in [0, 0.1) is 0 Å². The van der Waals surface area contributed by atoms with E-state index in [2.05, 4.69) is 64.1 Å². The SMILES string of the molecule is C=CC(=O)OOCC.Oc1ccc(Br)c(Br)c1Br. The molecule has 0 spiro atoms. The molecule has 1 N–H and O–H groups in total. The Kier molecular flexibility index (Phi) is 9.35. The summed E-state index contributed by atoms with van der Waals surface area (Å²) >= 11 is 9.77. The van der Waals surface area contributed by atoms with Crippen LogP contribution in [0.2, 0.25) is 0 Å². The number of hydrogen-bond donors (Lipinski definition) is 1. The number of phenols is 1. The van der Waals surface area contributed by atoms with E-state index in [1.165, 1.54) is 0 Å². The number of phenolic OH excluding ortho intramolecular Hbond substituents is 1. The van der Waals surface area contributed by atoms with Gasteiger partial charge in [0.05, 0.1) is 11.1 Å². The van der Waals surface area contributed by atoms with Gasteiger partial charge in [0.15, 0.2) is 0 Å². The van der Waals surface area contributed by atoms with Crippen LogP contribution in [-0.4, -0.2) is 17.7 Å². The lowest BCUT2D eigenvalue weighted by Gasteiger charge is -2.00. The van der Waals surface area contributed by atoms with Crippen molar-refractivity contribution < 1.29 is 19.7 Å². The molecule has 0 aliphatic rings. The highest BCUT2D eigenvalue weighted by Gasteiger charge is 2.04. The quantitative estimate of drug-likeness (QED) is 0.324. The van der Waals surface area contributed by atoms with E-state index in [-0.39, 0.29) is 5.75 Å². The first-order valence-corrected chi connectivity index (χ1v) is 7.10. The molecule has 0 saturated carbocycles. The van der Waals surface area contributed by atoms with E-state index >= 15 is 0 Å². The molecular weight excluding hydrogens is 436 g/mol. The summed E-state index contributed by atoms with van der Waals surface area (Å²) in [5.41, 5.74) is 0. The van der Waals surface area contributed by atoms with Gasteiger partial charge in [-0.25, -0.2) is 4.79 Å². The van der Waals surface area contributed by atoms with Gasteiger partial charge in [-0.15, -0.1) is 0 Å². The minimum atomic E-state index is -0.563. The Morgan fingerprint density at radius 2 is 2.00 bits per heavy atom. The second-order valence-electron chi connectivity index (χ2n) is 2.71. The molecule has 1 aromatic rings. The van der Waals surface area contributed by atoms with Gasteiger partial charge < -0.3 is 5.11 Å². The van der Waals surface area contributed by atoms with Gasteiger partial charge in [0.25, 0.3) is 0 Å². The van der Waals surface area contributed by atoms with Crippen LogP contribution in [0.4, 0.5) is 0 Å². The summed E-state index contributed by atoms with van der Waals surface area (Å²) in [7, 11) is 0. The minimum absolute atomic E-state index is 0.232. The second-order valence-corrected chi connectivity index (χ2v) is 5.15. The summed E-state index contributed by atoms with van der Waals surface area (Å²) < 4.78 is 2.41. The maximum Gasteiger partial charge on any atom is 0.365 e. The Morgan fingerprint density at radius 3 is 2.44 bits per heavy atom. The monoisotopic (exact) mass is 444 g/mol. The van der Waals surface area contributed by atoms with Crippen LogP contribution in [-0.2, 0) is 14.6 Å². The molecule has 0 atom stereocenters. The second kappa shape index (κ2) is 9.55. The van der Waals surface area contributed by atoms with Crippen molar-refractivity contribution >= 4 is 53.8 Å². The highest BCUT2D eigenvalue weighted by Crippen LogP contribution is 2.36. The standard InChI is InChI=1S/C6H3Br3O.C5H8O3/c7-3-1-2-4(10)6(9)5(3)8;1-3-5(6)8-7-4-2/h1-2,10H;3H,1,4H2,2H3. The third-order valence-corrected chi connectivity index (χ3v) is 4.79. The van der Waals surface area contributed by atoms with Gasteiger partial charge in [-0.05, 0) is 66.8 Å². The number of carbonyl (C=O) groups excluding carboxylic acids is 1. The molecule has 1 rings (SSSR count). The van der Waals surface area contributed by atoms with E-state index in [0.29, 0.717) is 11.1 Å². The van der Waals surface area contributed by atoms with Crippen molar-refractivity contribution in [3.8, 4) is 5.75 Å². The van der Waals surface area contributed by atoms with Gasteiger partial charge in [-0.3, -0.25) is 4.89 Å². The average Bonchev–Trinajstić information content (AvgIpc) is 2.38. The van der Waals surface area contributed by atoms with E-state index in [1.54, 1.807) is 19.1 Å². The topological polar surface area (TPSA) is 55.8 Å². The van der Waals surface area contributed by atoms with Crippen molar-refractivity contribution in [2.24, 2.45) is 0 Å². The lowest BCUT2D eigenvalue weighted by molar-refractivity contribution is -0.264. The zero-order chi connectivity index (χ0) is 14.1. The van der Waals surface area contributed by atoms with Gasteiger partial charge in [-0.2, -0.15) is 4.89 Å². The first-order valence-electron chi connectivity index (χ1n) is 4.72. The largest absolute Gasteiger partial charge is 0.507 e. The van der Waals surface area contributed by atoms with Crippen LogP contribution in [0.5, 0.6) is 5.75 Å². The van der Waals surface area contributed by atoms with Crippen molar-refractivity contribution in [3.05, 3.63) is 38.2 Å². The molecular formula is C11H11Br3O4. The lowest BCUT2D eigenvalue weighted by atomic mass is 10.3. The maximum atomic E-state index is 10.1. The third kappa shape index (κ3) is 6.53. The Hall–Kier alpha value is -0.370. The molecule has 0 heterocycles. The fourth-order valence-corrected chi connectivity index (χ4v) is 1.94. The Morgan fingerprint density at radius 1 is 1.39 bits per heavy atom. The van der Waals surface area contributed by atoms with Gasteiger partial charge in [0, 0.05) is 15.0 Å². The van der Waals surface area contributed by atoms with E-state index in [9.17, 15) is 4.79 Å². The molecule has 0 aliphatic carbocycles. The fourth-order valence-electron chi connectivity index (χ4n) is 0.667. The third-order valence-electron chi connectivity index (χ3n) is 1.44. The smallest absolute Gasteiger partial charge is 0.365 e.